The Morgan fingerprint density at radius 2 is 2.08 bits per heavy atom. The van der Waals surface area contributed by atoms with Crippen LogP contribution in [0, 0.1) is 5.41 Å². The Kier molecular flexibility index (Phi) is 7.11. The highest BCUT2D eigenvalue weighted by atomic mass is 35.5. The van der Waals surface area contributed by atoms with Gasteiger partial charge >= 0.3 is 0 Å². The van der Waals surface area contributed by atoms with Gasteiger partial charge in [0.15, 0.2) is 5.82 Å². The predicted molar refractivity (Wildman–Crippen MR) is 104 cm³/mol. The van der Waals surface area contributed by atoms with Crippen LogP contribution in [0.25, 0.3) is 11.4 Å². The van der Waals surface area contributed by atoms with Gasteiger partial charge in [-0.25, -0.2) is 4.68 Å². The average molecular weight is 379 g/mol. The molecule has 1 aliphatic carbocycles. The van der Waals surface area contributed by atoms with Crippen molar-refractivity contribution in [1.29, 1.82) is 0 Å². The summed E-state index contributed by atoms with van der Waals surface area (Å²) in [7, 11) is 0. The Morgan fingerprint density at radius 3 is 2.77 bits per heavy atom. The van der Waals surface area contributed by atoms with Crippen molar-refractivity contribution in [2.45, 2.75) is 52.0 Å². The van der Waals surface area contributed by atoms with Crippen molar-refractivity contribution < 1.29 is 4.79 Å². The number of tetrazole rings is 1. The van der Waals surface area contributed by atoms with Gasteiger partial charge in [0, 0.05) is 24.2 Å². The number of halogens is 1. The number of amides is 1. The summed E-state index contributed by atoms with van der Waals surface area (Å²) in [6.45, 7) is 3.26. The van der Waals surface area contributed by atoms with Crippen LogP contribution >= 0.6 is 12.4 Å². The molecule has 0 atom stereocenters. The van der Waals surface area contributed by atoms with E-state index in [1.54, 1.807) is 4.68 Å². The van der Waals surface area contributed by atoms with Gasteiger partial charge in [-0.15, -0.1) is 17.5 Å². The third-order valence-corrected chi connectivity index (χ3v) is 5.12. The summed E-state index contributed by atoms with van der Waals surface area (Å²) in [5, 5.41) is 14.8. The molecule has 1 heterocycles. The molecule has 1 fully saturated rings. The topological polar surface area (TPSA) is 98.7 Å². The fourth-order valence-corrected chi connectivity index (χ4v) is 3.66. The third kappa shape index (κ3) is 4.59. The molecule has 0 unspecified atom stereocenters. The molecule has 142 valence electrons. The predicted octanol–water partition coefficient (Wildman–Crippen LogP) is 3.02. The highest BCUT2D eigenvalue weighted by molar-refractivity contribution is 5.91. The minimum Gasteiger partial charge on any atom is -0.330 e. The smallest absolute Gasteiger partial charge is 0.224 e. The summed E-state index contributed by atoms with van der Waals surface area (Å²) in [5.41, 5.74) is 7.61. The van der Waals surface area contributed by atoms with Gasteiger partial charge in [-0.1, -0.05) is 31.4 Å². The van der Waals surface area contributed by atoms with E-state index in [0.717, 1.165) is 24.1 Å². The Hall–Kier alpha value is -1.99. The van der Waals surface area contributed by atoms with E-state index >= 15 is 0 Å². The zero-order chi connectivity index (χ0) is 17.7. The normalized spacial score (nSPS) is 15.9. The first-order chi connectivity index (χ1) is 12.2. The highest BCUT2D eigenvalue weighted by Crippen LogP contribution is 2.38. The maximum absolute atomic E-state index is 12.6. The van der Waals surface area contributed by atoms with Crippen molar-refractivity contribution in [2.24, 2.45) is 11.1 Å². The molecule has 0 saturated heterocycles. The second kappa shape index (κ2) is 9.09. The van der Waals surface area contributed by atoms with Crippen molar-refractivity contribution in [3.63, 3.8) is 0 Å². The van der Waals surface area contributed by atoms with Crippen molar-refractivity contribution in [1.82, 2.24) is 20.2 Å². The summed E-state index contributed by atoms with van der Waals surface area (Å²) < 4.78 is 1.73. The van der Waals surface area contributed by atoms with E-state index in [1.807, 2.05) is 31.2 Å². The number of nitrogens with one attached hydrogen (secondary N) is 1. The van der Waals surface area contributed by atoms with Gasteiger partial charge in [0.05, 0.1) is 0 Å². The van der Waals surface area contributed by atoms with Crippen molar-refractivity contribution in [3.8, 4) is 11.4 Å². The number of hydrogen-bond donors (Lipinski definition) is 2. The van der Waals surface area contributed by atoms with Crippen LogP contribution in [0.1, 0.15) is 45.4 Å². The van der Waals surface area contributed by atoms with Crippen LogP contribution in [-0.4, -0.2) is 32.7 Å². The number of aryl methyl sites for hydroxylation is 1. The van der Waals surface area contributed by atoms with Crippen LogP contribution in [0.2, 0.25) is 0 Å². The van der Waals surface area contributed by atoms with Crippen LogP contribution < -0.4 is 11.1 Å². The van der Waals surface area contributed by atoms with E-state index in [-0.39, 0.29) is 23.7 Å². The molecule has 1 amide bonds. The molecule has 0 radical (unpaired) electrons. The lowest BCUT2D eigenvalue weighted by Gasteiger charge is -2.35. The van der Waals surface area contributed by atoms with E-state index in [9.17, 15) is 4.79 Å². The second-order valence-corrected chi connectivity index (χ2v) is 6.89. The standard InChI is InChI=1S/C18H26N6O.ClH/c1-2-24-17(21-22-23-24)14-7-6-8-15(11-14)20-16(25)12-18(13-19)9-4-3-5-10-18;/h6-8,11H,2-5,9-10,12-13,19H2,1H3,(H,20,25);1H. The van der Waals surface area contributed by atoms with Gasteiger partial charge in [0.1, 0.15) is 0 Å². The number of carbonyl (C=O) groups excluding carboxylic acids is 1. The molecule has 3 rings (SSSR count). The molecule has 26 heavy (non-hydrogen) atoms. The number of hydrogen-bond acceptors (Lipinski definition) is 5. The first-order valence-electron chi connectivity index (χ1n) is 9.02. The monoisotopic (exact) mass is 378 g/mol. The van der Waals surface area contributed by atoms with Gasteiger partial charge in [-0.3, -0.25) is 4.79 Å². The number of anilines is 1. The molecule has 8 heteroatoms. The number of nitrogens with two attached hydrogens (primary N) is 1. The summed E-state index contributed by atoms with van der Waals surface area (Å²) in [6, 6.07) is 7.64. The van der Waals surface area contributed by atoms with Gasteiger partial charge in [-0.2, -0.15) is 0 Å². The molecular formula is C18H27ClN6O. The van der Waals surface area contributed by atoms with Crippen LogP contribution in [0.15, 0.2) is 24.3 Å². The Bertz CT molecular complexity index is 726. The lowest BCUT2D eigenvalue weighted by molar-refractivity contribution is -0.118. The molecule has 7 nitrogen and oxygen atoms in total. The molecule has 1 aliphatic rings. The van der Waals surface area contributed by atoms with Gasteiger partial charge in [-0.05, 0) is 54.3 Å². The van der Waals surface area contributed by atoms with Crippen LogP contribution in [0.5, 0.6) is 0 Å². The fourth-order valence-electron chi connectivity index (χ4n) is 3.66. The second-order valence-electron chi connectivity index (χ2n) is 6.89. The number of aromatic nitrogens is 4. The Morgan fingerprint density at radius 1 is 1.31 bits per heavy atom. The summed E-state index contributed by atoms with van der Waals surface area (Å²) in [4.78, 5) is 12.6. The Balaban J connectivity index is 0.00000243. The number of carbonyl (C=O) groups is 1. The minimum atomic E-state index is -0.0355. The van der Waals surface area contributed by atoms with Crippen molar-refractivity contribution >= 4 is 24.0 Å². The lowest BCUT2D eigenvalue weighted by Crippen LogP contribution is -2.36. The molecular weight excluding hydrogens is 352 g/mol. The van der Waals surface area contributed by atoms with Crippen molar-refractivity contribution in [3.05, 3.63) is 24.3 Å². The molecule has 0 spiro atoms. The zero-order valence-corrected chi connectivity index (χ0v) is 16.0. The molecule has 1 saturated carbocycles. The largest absolute Gasteiger partial charge is 0.330 e. The SMILES string of the molecule is CCn1nnnc1-c1cccc(NC(=O)CC2(CN)CCCCC2)c1.Cl. The average Bonchev–Trinajstić information content (AvgIpc) is 3.11. The van der Waals surface area contributed by atoms with Crippen LogP contribution in [-0.2, 0) is 11.3 Å². The van der Waals surface area contributed by atoms with E-state index in [4.69, 9.17) is 5.73 Å². The molecule has 3 N–H and O–H groups in total. The van der Waals surface area contributed by atoms with E-state index in [0.29, 0.717) is 25.3 Å². The third-order valence-electron chi connectivity index (χ3n) is 5.12. The zero-order valence-electron chi connectivity index (χ0n) is 15.1. The Labute approximate surface area is 160 Å². The molecule has 0 aliphatic heterocycles. The minimum absolute atomic E-state index is 0. The maximum atomic E-state index is 12.6. The van der Waals surface area contributed by atoms with Crippen LogP contribution in [0.3, 0.4) is 0 Å². The number of nitrogens with zero attached hydrogens (tertiary/aromatic N) is 4. The summed E-state index contributed by atoms with van der Waals surface area (Å²) in [6.07, 6.45) is 6.15. The summed E-state index contributed by atoms with van der Waals surface area (Å²) in [5.74, 6) is 0.726. The van der Waals surface area contributed by atoms with Gasteiger partial charge in [0.2, 0.25) is 5.91 Å². The lowest BCUT2D eigenvalue weighted by atomic mass is 9.71. The van der Waals surface area contributed by atoms with Crippen LogP contribution in [0.4, 0.5) is 5.69 Å². The van der Waals surface area contributed by atoms with Gasteiger partial charge in [0.25, 0.3) is 0 Å². The van der Waals surface area contributed by atoms with Gasteiger partial charge < -0.3 is 11.1 Å². The first kappa shape index (κ1) is 20.3. The summed E-state index contributed by atoms with van der Waals surface area (Å²) >= 11 is 0. The quantitative estimate of drug-likeness (QED) is 0.804. The highest BCUT2D eigenvalue weighted by Gasteiger charge is 2.32. The maximum Gasteiger partial charge on any atom is 0.224 e. The molecule has 1 aromatic heterocycles. The molecule has 2 aromatic rings. The number of rotatable bonds is 6. The van der Waals surface area contributed by atoms with E-state index < -0.39 is 0 Å². The van der Waals surface area contributed by atoms with E-state index in [2.05, 4.69) is 20.8 Å². The fraction of sp³-hybridized carbons (Fsp3) is 0.556. The van der Waals surface area contributed by atoms with E-state index in [1.165, 1.54) is 19.3 Å². The molecule has 1 aromatic carbocycles. The molecule has 0 bridgehead atoms. The first-order valence-corrected chi connectivity index (χ1v) is 9.02. The number of benzene rings is 1. The van der Waals surface area contributed by atoms with Crippen molar-refractivity contribution in [2.75, 3.05) is 11.9 Å².